The highest BCUT2D eigenvalue weighted by atomic mass is 32.2. The molecule has 4 rings (SSSR count). The molecule has 0 atom stereocenters. The summed E-state index contributed by atoms with van der Waals surface area (Å²) in [7, 11) is 0. The molecule has 162 valence electrons. The van der Waals surface area contributed by atoms with Crippen molar-refractivity contribution in [1.29, 1.82) is 0 Å². The lowest BCUT2D eigenvalue weighted by Gasteiger charge is -2.34. The Labute approximate surface area is 190 Å². The molecule has 0 radical (unpaired) electrons. The smallest absolute Gasteiger partial charge is 0.142 e. The van der Waals surface area contributed by atoms with Crippen molar-refractivity contribution in [2.45, 2.75) is 38.5 Å². The molecule has 2 aliphatic rings. The van der Waals surface area contributed by atoms with Crippen LogP contribution >= 0.6 is 11.8 Å². The first-order valence-corrected chi connectivity index (χ1v) is 12.5. The van der Waals surface area contributed by atoms with Gasteiger partial charge in [0.1, 0.15) is 11.5 Å². The summed E-state index contributed by atoms with van der Waals surface area (Å²) in [6.45, 7) is 5.21. The molecule has 0 unspecified atom stereocenters. The quantitative estimate of drug-likeness (QED) is 0.472. The van der Waals surface area contributed by atoms with Crippen LogP contribution in [0.5, 0.6) is 0 Å². The first kappa shape index (κ1) is 23.0. The Bertz CT molecular complexity index is 966. The van der Waals surface area contributed by atoms with Crippen molar-refractivity contribution in [3.05, 3.63) is 94.2 Å². The van der Waals surface area contributed by atoms with Crippen molar-refractivity contribution < 1.29 is 0 Å². The van der Waals surface area contributed by atoms with Crippen LogP contribution in [0.3, 0.4) is 0 Å². The van der Waals surface area contributed by atoms with Gasteiger partial charge >= 0.3 is 0 Å². The van der Waals surface area contributed by atoms with E-state index in [4.69, 9.17) is 4.99 Å². The maximum atomic E-state index is 11.4. The molecule has 2 aromatic rings. The number of thioether (sulfide) groups is 1. The predicted molar refractivity (Wildman–Crippen MR) is 134 cm³/mol. The van der Waals surface area contributed by atoms with E-state index < -0.39 is 0 Å². The number of rotatable bonds is 5. The summed E-state index contributed by atoms with van der Waals surface area (Å²) in [5, 5.41) is 3.24. The van der Waals surface area contributed by atoms with Crippen molar-refractivity contribution in [2.75, 3.05) is 19.1 Å². The maximum Gasteiger partial charge on any atom is 0.142 e. The van der Waals surface area contributed by atoms with Crippen LogP contribution in [0.1, 0.15) is 43.2 Å². The molecule has 1 heterocycles. The highest BCUT2D eigenvalue weighted by Gasteiger charge is 2.28. The third-order valence-electron chi connectivity index (χ3n) is 5.57. The Morgan fingerprint density at radius 1 is 1.00 bits per heavy atom. The number of allylic oxidation sites excluding steroid dienone is 2. The zero-order chi connectivity index (χ0) is 22.1. The lowest BCUT2D eigenvalue weighted by atomic mass is 10.00. The Morgan fingerprint density at radius 2 is 1.68 bits per heavy atom. The minimum Gasteiger partial charge on any atom is -0.326 e. The first-order chi connectivity index (χ1) is 15.2. The van der Waals surface area contributed by atoms with Gasteiger partial charge in [-0.2, -0.15) is 11.8 Å². The second-order valence-electron chi connectivity index (χ2n) is 7.77. The number of nitrogens with zero attached hydrogens (tertiary/aromatic N) is 3. The number of hydrogen-bond acceptors (Lipinski definition) is 5. The fraction of sp³-hybridized carbons (Fsp3) is 0.346. The van der Waals surface area contributed by atoms with Crippen LogP contribution < -0.4 is 0 Å². The van der Waals surface area contributed by atoms with Gasteiger partial charge in [-0.3, -0.25) is 0 Å². The SMILES string of the molecule is C=C1C2=C(CCCCC2)N=C(c2ccccc2N=O)N1CCc1ccccc1.CSC. The van der Waals surface area contributed by atoms with E-state index in [-0.39, 0.29) is 0 Å². The molecule has 0 bridgehead atoms. The normalized spacial score (nSPS) is 16.0. The van der Waals surface area contributed by atoms with Crippen LogP contribution in [0.4, 0.5) is 5.69 Å². The Morgan fingerprint density at radius 3 is 2.42 bits per heavy atom. The Balaban J connectivity index is 0.000000858. The van der Waals surface area contributed by atoms with Crippen molar-refractivity contribution in [3.8, 4) is 0 Å². The van der Waals surface area contributed by atoms with Gasteiger partial charge in [0.15, 0.2) is 0 Å². The van der Waals surface area contributed by atoms with E-state index in [1.807, 2.05) is 36.8 Å². The summed E-state index contributed by atoms with van der Waals surface area (Å²) in [5.41, 5.74) is 5.93. The van der Waals surface area contributed by atoms with Gasteiger partial charge in [-0.1, -0.05) is 55.5 Å². The summed E-state index contributed by atoms with van der Waals surface area (Å²) < 4.78 is 0. The molecule has 1 aliphatic carbocycles. The molecule has 0 spiro atoms. The van der Waals surface area contributed by atoms with Gasteiger partial charge in [-0.15, -0.1) is 4.91 Å². The number of aliphatic imine (C=N–C) groups is 1. The van der Waals surface area contributed by atoms with Crippen LogP contribution in [0, 0.1) is 4.91 Å². The van der Waals surface area contributed by atoms with Crippen LogP contribution in [0.15, 0.2) is 88.3 Å². The molecule has 31 heavy (non-hydrogen) atoms. The van der Waals surface area contributed by atoms with Crippen LogP contribution in [-0.4, -0.2) is 29.8 Å². The molecule has 4 nitrogen and oxygen atoms in total. The summed E-state index contributed by atoms with van der Waals surface area (Å²) in [6, 6.07) is 17.9. The largest absolute Gasteiger partial charge is 0.326 e. The number of nitroso groups, excluding NO2 is 1. The van der Waals surface area contributed by atoms with Crippen LogP contribution in [0.2, 0.25) is 0 Å². The minimum atomic E-state index is 0.427. The lowest BCUT2D eigenvalue weighted by Crippen LogP contribution is -2.36. The molecule has 0 fully saturated rings. The molecular weight excluding hydrogens is 402 g/mol. The average molecular weight is 434 g/mol. The van der Waals surface area contributed by atoms with Gasteiger partial charge in [0.25, 0.3) is 0 Å². The predicted octanol–water partition coefficient (Wildman–Crippen LogP) is 7.10. The standard InChI is InChI=1S/C24H25N3O.C2H6S/c1-18-20-12-6-3-7-14-22(20)25-24(21-13-8-9-15-23(21)26-28)27(18)17-16-19-10-4-2-5-11-19;1-3-2/h2,4-5,8-11,13,15H,1,3,6-7,12,14,16-17H2;1-2H3. The molecule has 0 amide bonds. The molecule has 5 heteroatoms. The fourth-order valence-corrected chi connectivity index (χ4v) is 4.05. The topological polar surface area (TPSA) is 45.0 Å². The van der Waals surface area contributed by atoms with Gasteiger partial charge in [-0.25, -0.2) is 4.99 Å². The number of benzene rings is 2. The lowest BCUT2D eigenvalue weighted by molar-refractivity contribution is 0.510. The molecular formula is C26H31N3OS. The Hall–Kier alpha value is -2.66. The van der Waals surface area contributed by atoms with Gasteiger partial charge < -0.3 is 4.90 Å². The number of hydrogen-bond donors (Lipinski definition) is 0. The Kier molecular flexibility index (Phi) is 8.65. The average Bonchev–Trinajstić information content (AvgIpc) is 3.05. The van der Waals surface area contributed by atoms with E-state index in [1.54, 1.807) is 17.8 Å². The molecule has 2 aromatic carbocycles. The molecule has 0 aromatic heterocycles. The van der Waals surface area contributed by atoms with E-state index in [0.717, 1.165) is 55.0 Å². The summed E-state index contributed by atoms with van der Waals surface area (Å²) in [5.74, 6) is 0.803. The minimum absolute atomic E-state index is 0.427. The van der Waals surface area contributed by atoms with Crippen molar-refractivity contribution in [1.82, 2.24) is 4.90 Å². The highest BCUT2D eigenvalue weighted by Crippen LogP contribution is 2.36. The van der Waals surface area contributed by atoms with Gasteiger partial charge in [0.2, 0.25) is 0 Å². The van der Waals surface area contributed by atoms with E-state index in [9.17, 15) is 4.91 Å². The monoisotopic (exact) mass is 433 g/mol. The van der Waals surface area contributed by atoms with E-state index >= 15 is 0 Å². The molecule has 0 N–H and O–H groups in total. The van der Waals surface area contributed by atoms with Crippen LogP contribution in [0.25, 0.3) is 0 Å². The summed E-state index contributed by atoms with van der Waals surface area (Å²) in [6.07, 6.45) is 10.5. The van der Waals surface area contributed by atoms with Gasteiger partial charge in [-0.05, 0) is 73.1 Å². The molecule has 0 saturated heterocycles. The summed E-state index contributed by atoms with van der Waals surface area (Å²) >= 11 is 1.75. The second-order valence-corrected chi connectivity index (χ2v) is 8.59. The maximum absolute atomic E-state index is 11.4. The van der Waals surface area contributed by atoms with Crippen LogP contribution in [-0.2, 0) is 6.42 Å². The van der Waals surface area contributed by atoms with Crippen molar-refractivity contribution in [2.24, 2.45) is 10.2 Å². The van der Waals surface area contributed by atoms with Gasteiger partial charge in [0.05, 0.1) is 0 Å². The third kappa shape index (κ3) is 5.73. The fourth-order valence-electron chi connectivity index (χ4n) is 4.05. The summed E-state index contributed by atoms with van der Waals surface area (Å²) in [4.78, 5) is 18.6. The van der Waals surface area contributed by atoms with E-state index in [0.29, 0.717) is 5.69 Å². The van der Waals surface area contributed by atoms with Crippen molar-refractivity contribution >= 4 is 23.3 Å². The number of amidine groups is 1. The van der Waals surface area contributed by atoms with E-state index in [1.165, 1.54) is 24.0 Å². The van der Waals surface area contributed by atoms with Crippen molar-refractivity contribution in [3.63, 3.8) is 0 Å². The van der Waals surface area contributed by atoms with Gasteiger partial charge in [0, 0.05) is 23.5 Å². The molecule has 0 saturated carbocycles. The third-order valence-corrected chi connectivity index (χ3v) is 5.57. The first-order valence-electron chi connectivity index (χ1n) is 10.8. The second kappa shape index (κ2) is 11.7. The zero-order valence-corrected chi connectivity index (χ0v) is 19.3. The zero-order valence-electron chi connectivity index (χ0n) is 18.5. The van der Waals surface area contributed by atoms with E-state index in [2.05, 4.69) is 40.9 Å². The highest BCUT2D eigenvalue weighted by molar-refractivity contribution is 7.97. The molecule has 1 aliphatic heterocycles.